The molecule has 26 heavy (non-hydrogen) atoms. The summed E-state index contributed by atoms with van der Waals surface area (Å²) in [7, 11) is 0. The zero-order chi connectivity index (χ0) is 18.5. The van der Waals surface area contributed by atoms with Crippen molar-refractivity contribution in [3.8, 4) is 6.07 Å². The number of hydrogen-bond acceptors (Lipinski definition) is 4. The number of thiophene rings is 1. The van der Waals surface area contributed by atoms with Gasteiger partial charge in [-0.1, -0.05) is 13.0 Å². The van der Waals surface area contributed by atoms with E-state index in [-0.39, 0.29) is 11.9 Å². The molecule has 6 heteroatoms. The van der Waals surface area contributed by atoms with Crippen molar-refractivity contribution < 1.29 is 9.18 Å². The molecule has 0 bridgehead atoms. The lowest BCUT2D eigenvalue weighted by Crippen LogP contribution is -2.47. The Balaban J connectivity index is 1.70. The number of hydrogen-bond donors (Lipinski definition) is 0. The molecule has 0 radical (unpaired) electrons. The fraction of sp³-hybridized carbons (Fsp3) is 0.400. The van der Waals surface area contributed by atoms with Crippen molar-refractivity contribution >= 4 is 22.9 Å². The lowest BCUT2D eigenvalue weighted by molar-refractivity contribution is 0.0655. The molecule has 1 amide bonds. The quantitative estimate of drug-likeness (QED) is 0.788. The van der Waals surface area contributed by atoms with Crippen LogP contribution in [0.15, 0.2) is 35.7 Å². The van der Waals surface area contributed by atoms with Gasteiger partial charge in [0.05, 0.1) is 16.1 Å². The van der Waals surface area contributed by atoms with Crippen LogP contribution in [-0.2, 0) is 0 Å². The van der Waals surface area contributed by atoms with E-state index in [0.717, 1.165) is 49.5 Å². The number of piperidine rings is 1. The van der Waals surface area contributed by atoms with Crippen LogP contribution in [0.25, 0.3) is 0 Å². The second-order valence-electron chi connectivity index (χ2n) is 6.47. The van der Waals surface area contributed by atoms with Gasteiger partial charge >= 0.3 is 0 Å². The number of carbonyl (C=O) groups is 1. The van der Waals surface area contributed by atoms with Crippen LogP contribution in [-0.4, -0.2) is 36.5 Å². The van der Waals surface area contributed by atoms with E-state index >= 15 is 0 Å². The molecule has 0 atom stereocenters. The summed E-state index contributed by atoms with van der Waals surface area (Å²) in [5.74, 6) is -0.282. The highest BCUT2D eigenvalue weighted by atomic mass is 32.1. The van der Waals surface area contributed by atoms with Gasteiger partial charge in [0, 0.05) is 25.7 Å². The lowest BCUT2D eigenvalue weighted by Gasteiger charge is -2.39. The summed E-state index contributed by atoms with van der Waals surface area (Å²) >= 11 is 1.48. The minimum Gasteiger partial charge on any atom is -0.370 e. The topological polar surface area (TPSA) is 47.3 Å². The van der Waals surface area contributed by atoms with Crippen LogP contribution in [0.1, 0.15) is 41.4 Å². The van der Waals surface area contributed by atoms with Crippen LogP contribution < -0.4 is 4.90 Å². The van der Waals surface area contributed by atoms with Crippen molar-refractivity contribution in [2.75, 3.05) is 24.5 Å². The van der Waals surface area contributed by atoms with Gasteiger partial charge in [-0.05, 0) is 48.9 Å². The number of nitriles is 1. The molecule has 1 saturated heterocycles. The molecular formula is C20H22FN3OS. The third-order valence-corrected chi connectivity index (χ3v) is 5.64. The van der Waals surface area contributed by atoms with E-state index in [1.165, 1.54) is 23.5 Å². The summed E-state index contributed by atoms with van der Waals surface area (Å²) in [4.78, 5) is 17.7. The highest BCUT2D eigenvalue weighted by molar-refractivity contribution is 7.12. The molecule has 136 valence electrons. The number of rotatable bonds is 5. The molecule has 1 aromatic heterocycles. The van der Waals surface area contributed by atoms with E-state index in [1.807, 2.05) is 22.4 Å². The summed E-state index contributed by atoms with van der Waals surface area (Å²) in [6, 6.07) is 10.4. The van der Waals surface area contributed by atoms with Gasteiger partial charge in [-0.3, -0.25) is 4.79 Å². The second kappa shape index (κ2) is 8.33. The molecule has 1 aliphatic rings. The molecule has 0 saturated carbocycles. The minimum atomic E-state index is -0.393. The number of carbonyl (C=O) groups excluding carboxylic acids is 1. The smallest absolute Gasteiger partial charge is 0.264 e. The van der Waals surface area contributed by atoms with Gasteiger partial charge in [-0.2, -0.15) is 5.26 Å². The second-order valence-corrected chi connectivity index (χ2v) is 7.42. The van der Waals surface area contributed by atoms with E-state index in [1.54, 1.807) is 6.07 Å². The highest BCUT2D eigenvalue weighted by Gasteiger charge is 2.29. The molecule has 0 unspecified atom stereocenters. The van der Waals surface area contributed by atoms with Crippen molar-refractivity contribution in [1.29, 1.82) is 5.26 Å². The first kappa shape index (κ1) is 18.4. The van der Waals surface area contributed by atoms with Crippen LogP contribution >= 0.6 is 11.3 Å². The SMILES string of the molecule is CCCN(C(=O)c1cccs1)C1CCN(c2ccc(F)cc2C#N)CC1. The minimum absolute atomic E-state index is 0.111. The largest absolute Gasteiger partial charge is 0.370 e. The molecular weight excluding hydrogens is 349 g/mol. The predicted molar refractivity (Wildman–Crippen MR) is 102 cm³/mol. The van der Waals surface area contributed by atoms with Gasteiger partial charge < -0.3 is 9.80 Å². The zero-order valence-electron chi connectivity index (χ0n) is 14.8. The Kier molecular flexibility index (Phi) is 5.89. The van der Waals surface area contributed by atoms with Gasteiger partial charge in [0.1, 0.15) is 11.9 Å². The van der Waals surface area contributed by atoms with Gasteiger partial charge in [-0.25, -0.2) is 4.39 Å². The van der Waals surface area contributed by atoms with Crippen LogP contribution in [0.2, 0.25) is 0 Å². The number of amides is 1. The first-order valence-electron chi connectivity index (χ1n) is 8.93. The fourth-order valence-electron chi connectivity index (χ4n) is 3.52. The van der Waals surface area contributed by atoms with E-state index < -0.39 is 5.82 Å². The monoisotopic (exact) mass is 371 g/mol. The summed E-state index contributed by atoms with van der Waals surface area (Å²) < 4.78 is 13.4. The Hall–Kier alpha value is -2.39. The Bertz CT molecular complexity index is 792. The van der Waals surface area contributed by atoms with Crippen molar-refractivity contribution in [3.63, 3.8) is 0 Å². The third kappa shape index (κ3) is 3.88. The van der Waals surface area contributed by atoms with Crippen molar-refractivity contribution in [1.82, 2.24) is 4.90 Å². The van der Waals surface area contributed by atoms with Crippen molar-refractivity contribution in [2.24, 2.45) is 0 Å². The van der Waals surface area contributed by atoms with Gasteiger partial charge in [0.15, 0.2) is 0 Å². The zero-order valence-corrected chi connectivity index (χ0v) is 15.6. The maximum Gasteiger partial charge on any atom is 0.264 e. The lowest BCUT2D eigenvalue weighted by atomic mass is 10.0. The summed E-state index contributed by atoms with van der Waals surface area (Å²) in [5, 5.41) is 11.2. The number of anilines is 1. The molecule has 2 aromatic rings. The first-order chi connectivity index (χ1) is 12.6. The first-order valence-corrected chi connectivity index (χ1v) is 9.81. The predicted octanol–water partition coefficient (Wildman–Crippen LogP) is 4.28. The molecule has 0 aliphatic carbocycles. The van der Waals surface area contributed by atoms with E-state index in [9.17, 15) is 14.4 Å². The van der Waals surface area contributed by atoms with Gasteiger partial charge in [0.25, 0.3) is 5.91 Å². The average Bonchev–Trinajstić information content (AvgIpc) is 3.20. The van der Waals surface area contributed by atoms with E-state index in [4.69, 9.17) is 0 Å². The summed E-state index contributed by atoms with van der Waals surface area (Å²) in [6.07, 6.45) is 2.62. The van der Waals surface area contributed by atoms with Crippen molar-refractivity contribution in [2.45, 2.75) is 32.2 Å². The number of halogens is 1. The fourth-order valence-corrected chi connectivity index (χ4v) is 4.20. The van der Waals surface area contributed by atoms with Gasteiger partial charge in [0.2, 0.25) is 0 Å². The van der Waals surface area contributed by atoms with E-state index in [0.29, 0.717) is 5.56 Å². The maximum atomic E-state index is 13.4. The van der Waals surface area contributed by atoms with Crippen LogP contribution in [0, 0.1) is 17.1 Å². The van der Waals surface area contributed by atoms with Crippen LogP contribution in [0.4, 0.5) is 10.1 Å². The molecule has 3 rings (SSSR count). The molecule has 4 nitrogen and oxygen atoms in total. The molecule has 2 heterocycles. The van der Waals surface area contributed by atoms with Crippen LogP contribution in [0.3, 0.4) is 0 Å². The molecule has 1 aliphatic heterocycles. The third-order valence-electron chi connectivity index (χ3n) is 4.78. The molecule has 0 spiro atoms. The Labute approximate surface area is 157 Å². The highest BCUT2D eigenvalue weighted by Crippen LogP contribution is 2.27. The normalized spacial score (nSPS) is 14.9. The van der Waals surface area contributed by atoms with Gasteiger partial charge in [-0.15, -0.1) is 11.3 Å². The number of benzene rings is 1. The van der Waals surface area contributed by atoms with Crippen LogP contribution in [0.5, 0.6) is 0 Å². The molecule has 1 fully saturated rings. The number of nitrogens with zero attached hydrogens (tertiary/aromatic N) is 3. The Morgan fingerprint density at radius 2 is 2.15 bits per heavy atom. The maximum absolute atomic E-state index is 13.4. The average molecular weight is 371 g/mol. The van der Waals surface area contributed by atoms with Crippen molar-refractivity contribution in [3.05, 3.63) is 52.0 Å². The summed E-state index contributed by atoms with van der Waals surface area (Å²) in [5.41, 5.74) is 1.14. The van der Waals surface area contributed by atoms with E-state index in [2.05, 4.69) is 17.9 Å². The Morgan fingerprint density at radius 3 is 2.77 bits per heavy atom. The molecule has 0 N–H and O–H groups in total. The Morgan fingerprint density at radius 1 is 1.38 bits per heavy atom. The molecule has 1 aromatic carbocycles. The summed E-state index contributed by atoms with van der Waals surface area (Å²) in [6.45, 7) is 4.34. The standard InChI is InChI=1S/C20H22FN3OS/c1-2-9-24(20(25)19-4-3-12-26-19)17-7-10-23(11-8-17)18-6-5-16(21)13-15(18)14-22/h3-6,12-13,17H,2,7-11H2,1H3.